The van der Waals surface area contributed by atoms with E-state index in [9.17, 15) is 4.79 Å². The number of likely N-dealkylation sites (tertiary alicyclic amines) is 1. The van der Waals surface area contributed by atoms with Gasteiger partial charge in [0.05, 0.1) is 18.8 Å². The Morgan fingerprint density at radius 1 is 1.42 bits per heavy atom. The second kappa shape index (κ2) is 8.12. The monoisotopic (exact) mass is 335 g/mol. The van der Waals surface area contributed by atoms with E-state index in [1.165, 1.54) is 6.42 Å². The summed E-state index contributed by atoms with van der Waals surface area (Å²) in [6, 6.07) is 0.319. The van der Waals surface area contributed by atoms with Gasteiger partial charge in [-0.25, -0.2) is 4.98 Å². The molecule has 134 valence electrons. The molecule has 0 saturated carbocycles. The van der Waals surface area contributed by atoms with Gasteiger partial charge in [-0.2, -0.15) is 0 Å². The van der Waals surface area contributed by atoms with E-state index in [2.05, 4.69) is 9.55 Å². The van der Waals surface area contributed by atoms with Crippen LogP contribution in [0, 0.1) is 6.92 Å². The third kappa shape index (κ3) is 4.16. The molecular formula is C18H29N3O3. The smallest absolute Gasteiger partial charge is 0.251 e. The van der Waals surface area contributed by atoms with E-state index in [4.69, 9.17) is 9.47 Å². The summed E-state index contributed by atoms with van der Waals surface area (Å²) in [7, 11) is 0. The molecule has 1 aromatic rings. The van der Waals surface area contributed by atoms with Crippen molar-refractivity contribution in [3.8, 4) is 0 Å². The first kappa shape index (κ1) is 17.4. The molecular weight excluding hydrogens is 306 g/mol. The van der Waals surface area contributed by atoms with Crippen molar-refractivity contribution in [3.05, 3.63) is 18.2 Å². The number of hydrogen-bond donors (Lipinski definition) is 0. The van der Waals surface area contributed by atoms with Gasteiger partial charge in [0.15, 0.2) is 0 Å². The van der Waals surface area contributed by atoms with Crippen molar-refractivity contribution in [2.24, 2.45) is 0 Å². The maximum atomic E-state index is 12.7. The van der Waals surface area contributed by atoms with Crippen LogP contribution in [-0.4, -0.2) is 58.9 Å². The molecule has 3 atom stereocenters. The van der Waals surface area contributed by atoms with E-state index in [-0.39, 0.29) is 12.0 Å². The van der Waals surface area contributed by atoms with Crippen molar-refractivity contribution in [2.75, 3.05) is 26.3 Å². The molecule has 2 saturated heterocycles. The number of carbonyl (C=O) groups is 1. The summed E-state index contributed by atoms with van der Waals surface area (Å²) in [5.74, 6) is 1.10. The van der Waals surface area contributed by atoms with Crippen molar-refractivity contribution in [1.29, 1.82) is 0 Å². The van der Waals surface area contributed by atoms with Crippen LogP contribution in [0.3, 0.4) is 0 Å². The maximum absolute atomic E-state index is 12.7. The molecule has 0 spiro atoms. The van der Waals surface area contributed by atoms with Gasteiger partial charge in [-0.3, -0.25) is 4.79 Å². The van der Waals surface area contributed by atoms with Gasteiger partial charge in [0.25, 0.3) is 5.91 Å². The average Bonchev–Trinajstić information content (AvgIpc) is 3.06. The van der Waals surface area contributed by atoms with Crippen LogP contribution in [-0.2, 0) is 14.3 Å². The Hall–Kier alpha value is -1.40. The summed E-state index contributed by atoms with van der Waals surface area (Å²) in [6.45, 7) is 6.76. The average molecular weight is 335 g/mol. The highest BCUT2D eigenvalue weighted by Crippen LogP contribution is 2.23. The molecule has 0 unspecified atom stereocenters. The molecule has 0 aromatic carbocycles. The summed E-state index contributed by atoms with van der Waals surface area (Å²) in [5.41, 5.74) is 0. The molecule has 2 fully saturated rings. The first-order valence-corrected chi connectivity index (χ1v) is 9.16. The highest BCUT2D eigenvalue weighted by atomic mass is 16.5. The second-order valence-electron chi connectivity index (χ2n) is 6.93. The van der Waals surface area contributed by atoms with Crippen molar-refractivity contribution in [1.82, 2.24) is 14.5 Å². The van der Waals surface area contributed by atoms with Gasteiger partial charge in [0.1, 0.15) is 11.9 Å². The van der Waals surface area contributed by atoms with E-state index >= 15 is 0 Å². The lowest BCUT2D eigenvalue weighted by Gasteiger charge is -2.35. The number of piperidine rings is 1. The van der Waals surface area contributed by atoms with Crippen LogP contribution >= 0.6 is 0 Å². The highest BCUT2D eigenvalue weighted by Gasteiger charge is 2.29. The minimum Gasteiger partial charge on any atom is -0.376 e. The Labute approximate surface area is 144 Å². The topological polar surface area (TPSA) is 56.6 Å². The predicted octanol–water partition coefficient (Wildman–Crippen LogP) is 2.33. The summed E-state index contributed by atoms with van der Waals surface area (Å²) < 4.78 is 13.7. The number of carbonyl (C=O) groups excluding carboxylic acids is 1. The number of ether oxygens (including phenoxy) is 2. The molecule has 6 nitrogen and oxygen atoms in total. The Bertz CT molecular complexity index is 539. The van der Waals surface area contributed by atoms with Crippen LogP contribution in [0.15, 0.2) is 12.4 Å². The maximum Gasteiger partial charge on any atom is 0.251 e. The SMILES string of the molecule is Cc1nccn1[C@@H]1CCCN(C(=O)[C@@H](C)OC[C@@H]2CCCCO2)C1. The van der Waals surface area contributed by atoms with Crippen molar-refractivity contribution >= 4 is 5.91 Å². The zero-order valence-corrected chi connectivity index (χ0v) is 14.8. The number of hydrogen-bond acceptors (Lipinski definition) is 4. The molecule has 2 aliphatic rings. The molecule has 0 aliphatic carbocycles. The van der Waals surface area contributed by atoms with Gasteiger partial charge in [0, 0.05) is 32.1 Å². The molecule has 0 radical (unpaired) electrons. The molecule has 2 aliphatic heterocycles. The predicted molar refractivity (Wildman–Crippen MR) is 90.8 cm³/mol. The summed E-state index contributed by atoms with van der Waals surface area (Å²) >= 11 is 0. The molecule has 1 amide bonds. The summed E-state index contributed by atoms with van der Waals surface area (Å²) in [4.78, 5) is 18.9. The van der Waals surface area contributed by atoms with Crippen LogP contribution in [0.2, 0.25) is 0 Å². The fraction of sp³-hybridized carbons (Fsp3) is 0.778. The lowest BCUT2D eigenvalue weighted by molar-refractivity contribution is -0.147. The van der Waals surface area contributed by atoms with E-state index in [1.54, 1.807) is 0 Å². The van der Waals surface area contributed by atoms with Crippen molar-refractivity contribution in [2.45, 2.75) is 64.2 Å². The van der Waals surface area contributed by atoms with E-state index in [1.807, 2.05) is 31.1 Å². The standard InChI is InChI=1S/C18H29N3O3/c1-14(24-13-17-7-3-4-11-23-17)18(22)20-9-5-6-16(12-20)21-10-8-19-15(21)2/h8,10,14,16-17H,3-7,9,11-13H2,1-2H3/t14-,16-,17+/m1/s1. The summed E-state index contributed by atoms with van der Waals surface area (Å²) in [5, 5.41) is 0. The molecule has 24 heavy (non-hydrogen) atoms. The van der Waals surface area contributed by atoms with E-state index in [0.717, 1.165) is 51.2 Å². The Morgan fingerprint density at radius 2 is 2.29 bits per heavy atom. The normalized spacial score (nSPS) is 26.3. The number of nitrogens with zero attached hydrogens (tertiary/aromatic N) is 3. The number of aryl methyl sites for hydroxylation is 1. The van der Waals surface area contributed by atoms with Gasteiger partial charge in [0.2, 0.25) is 0 Å². The quantitative estimate of drug-likeness (QED) is 0.829. The van der Waals surface area contributed by atoms with Crippen molar-refractivity contribution in [3.63, 3.8) is 0 Å². The molecule has 6 heteroatoms. The van der Waals surface area contributed by atoms with E-state index in [0.29, 0.717) is 12.6 Å². The van der Waals surface area contributed by atoms with Gasteiger partial charge < -0.3 is 18.9 Å². The number of aromatic nitrogens is 2. The Morgan fingerprint density at radius 3 is 3.00 bits per heavy atom. The Balaban J connectivity index is 1.50. The third-order valence-corrected chi connectivity index (χ3v) is 5.12. The van der Waals surface area contributed by atoms with Crippen LogP contribution in [0.25, 0.3) is 0 Å². The van der Waals surface area contributed by atoms with Crippen LogP contribution in [0.5, 0.6) is 0 Å². The molecule has 3 rings (SSSR count). The number of amides is 1. The van der Waals surface area contributed by atoms with Gasteiger partial charge in [-0.05, 0) is 46.0 Å². The molecule has 1 aromatic heterocycles. The molecule has 3 heterocycles. The zero-order valence-electron chi connectivity index (χ0n) is 14.8. The van der Waals surface area contributed by atoms with Crippen LogP contribution < -0.4 is 0 Å². The van der Waals surface area contributed by atoms with Gasteiger partial charge in [-0.1, -0.05) is 0 Å². The van der Waals surface area contributed by atoms with Gasteiger partial charge >= 0.3 is 0 Å². The lowest BCUT2D eigenvalue weighted by Crippen LogP contribution is -2.46. The number of imidazole rings is 1. The highest BCUT2D eigenvalue weighted by molar-refractivity contribution is 5.80. The Kier molecular flexibility index (Phi) is 5.89. The fourth-order valence-electron chi connectivity index (χ4n) is 3.67. The minimum atomic E-state index is -0.404. The lowest BCUT2D eigenvalue weighted by atomic mass is 10.0. The first-order valence-electron chi connectivity index (χ1n) is 9.16. The zero-order chi connectivity index (χ0) is 16.9. The first-order chi connectivity index (χ1) is 11.6. The van der Waals surface area contributed by atoms with Crippen molar-refractivity contribution < 1.29 is 14.3 Å². The van der Waals surface area contributed by atoms with Crippen LogP contribution in [0.1, 0.15) is 50.9 Å². The molecule has 0 bridgehead atoms. The van der Waals surface area contributed by atoms with Crippen LogP contribution in [0.4, 0.5) is 0 Å². The summed E-state index contributed by atoms with van der Waals surface area (Å²) in [6.07, 6.45) is 9.04. The fourth-order valence-corrected chi connectivity index (χ4v) is 3.67. The minimum absolute atomic E-state index is 0.0910. The largest absolute Gasteiger partial charge is 0.376 e. The van der Waals surface area contributed by atoms with Gasteiger partial charge in [-0.15, -0.1) is 0 Å². The molecule has 0 N–H and O–H groups in total. The van der Waals surface area contributed by atoms with E-state index < -0.39 is 6.10 Å². The third-order valence-electron chi connectivity index (χ3n) is 5.12. The number of rotatable bonds is 5. The second-order valence-corrected chi connectivity index (χ2v) is 6.93.